The zero-order valence-electron chi connectivity index (χ0n) is 10.1. The first-order valence-corrected chi connectivity index (χ1v) is 6.07. The van der Waals surface area contributed by atoms with E-state index in [1.165, 1.54) is 0 Å². The van der Waals surface area contributed by atoms with E-state index in [0.29, 0.717) is 6.42 Å². The van der Waals surface area contributed by atoms with Gasteiger partial charge in [-0.15, -0.1) is 0 Å². The maximum absolute atomic E-state index is 11.5. The van der Waals surface area contributed by atoms with Crippen LogP contribution in [-0.2, 0) is 11.3 Å². The fourth-order valence-corrected chi connectivity index (χ4v) is 1.84. The van der Waals surface area contributed by atoms with Gasteiger partial charge in [-0.25, -0.2) is 4.79 Å². The van der Waals surface area contributed by atoms with Crippen molar-refractivity contribution in [3.05, 3.63) is 48.0 Å². The van der Waals surface area contributed by atoms with Crippen LogP contribution < -0.4 is 5.32 Å². The van der Waals surface area contributed by atoms with Crippen LogP contribution in [0.1, 0.15) is 18.4 Å². The molecule has 2 rings (SSSR count). The number of carbonyl (C=O) groups excluding carboxylic acids is 1. The van der Waals surface area contributed by atoms with E-state index in [-0.39, 0.29) is 18.8 Å². The summed E-state index contributed by atoms with van der Waals surface area (Å²) in [6.07, 6.45) is 4.09. The summed E-state index contributed by atoms with van der Waals surface area (Å²) in [5.74, 6) is 0. The Labute approximate surface area is 106 Å². The number of carbonyl (C=O) groups is 1. The SMILES string of the molecule is O=C(N[C@@H]1C=C[C@H](O)CC1)OCc1ccccc1. The summed E-state index contributed by atoms with van der Waals surface area (Å²) in [4.78, 5) is 11.5. The predicted molar refractivity (Wildman–Crippen MR) is 67.9 cm³/mol. The number of alkyl carbamates (subject to hydrolysis) is 1. The molecule has 2 N–H and O–H groups in total. The molecule has 1 aliphatic rings. The minimum absolute atomic E-state index is 0.0447. The molecule has 4 nitrogen and oxygen atoms in total. The molecule has 0 saturated carbocycles. The van der Waals surface area contributed by atoms with Crippen molar-refractivity contribution in [1.29, 1.82) is 0 Å². The van der Waals surface area contributed by atoms with Gasteiger partial charge in [-0.2, -0.15) is 0 Å². The van der Waals surface area contributed by atoms with Crippen LogP contribution in [0.3, 0.4) is 0 Å². The van der Waals surface area contributed by atoms with Crippen molar-refractivity contribution in [3.63, 3.8) is 0 Å². The van der Waals surface area contributed by atoms with E-state index in [9.17, 15) is 9.90 Å². The standard InChI is InChI=1S/C14H17NO3/c16-13-8-6-12(7-9-13)15-14(17)18-10-11-4-2-1-3-5-11/h1-6,8,12-13,16H,7,9-10H2,(H,15,17)/t12-,13+/m1/s1. The Hall–Kier alpha value is -1.81. The monoisotopic (exact) mass is 247 g/mol. The van der Waals surface area contributed by atoms with E-state index in [1.54, 1.807) is 12.2 Å². The third-order valence-corrected chi connectivity index (χ3v) is 2.86. The molecule has 2 atom stereocenters. The van der Waals surface area contributed by atoms with Crippen molar-refractivity contribution in [2.45, 2.75) is 31.6 Å². The van der Waals surface area contributed by atoms with Crippen molar-refractivity contribution in [2.75, 3.05) is 0 Å². The maximum atomic E-state index is 11.5. The van der Waals surface area contributed by atoms with Gasteiger partial charge in [0.2, 0.25) is 0 Å². The molecule has 1 aliphatic carbocycles. The fourth-order valence-electron chi connectivity index (χ4n) is 1.84. The van der Waals surface area contributed by atoms with Crippen LogP contribution in [0.5, 0.6) is 0 Å². The van der Waals surface area contributed by atoms with Crippen LogP contribution in [0.4, 0.5) is 4.79 Å². The number of hydrogen-bond acceptors (Lipinski definition) is 3. The van der Waals surface area contributed by atoms with Gasteiger partial charge in [-0.05, 0) is 18.4 Å². The lowest BCUT2D eigenvalue weighted by atomic mass is 10.0. The molecule has 1 aromatic carbocycles. The van der Waals surface area contributed by atoms with Gasteiger partial charge in [0.1, 0.15) is 6.61 Å². The van der Waals surface area contributed by atoms with Crippen LogP contribution in [-0.4, -0.2) is 23.3 Å². The van der Waals surface area contributed by atoms with Gasteiger partial charge in [-0.3, -0.25) is 0 Å². The highest BCUT2D eigenvalue weighted by Gasteiger charge is 2.16. The van der Waals surface area contributed by atoms with Crippen molar-refractivity contribution < 1.29 is 14.6 Å². The number of hydrogen-bond donors (Lipinski definition) is 2. The van der Waals surface area contributed by atoms with Gasteiger partial charge in [0.05, 0.1) is 12.1 Å². The third kappa shape index (κ3) is 3.89. The topological polar surface area (TPSA) is 58.6 Å². The Morgan fingerprint density at radius 2 is 2.06 bits per heavy atom. The van der Waals surface area contributed by atoms with Gasteiger partial charge in [0, 0.05) is 0 Å². The molecule has 1 amide bonds. The summed E-state index contributed by atoms with van der Waals surface area (Å²) in [6, 6.07) is 9.50. The zero-order valence-corrected chi connectivity index (χ0v) is 10.1. The summed E-state index contributed by atoms with van der Waals surface area (Å²) in [5, 5.41) is 12.0. The Bertz CT molecular complexity index is 416. The average molecular weight is 247 g/mol. The molecule has 4 heteroatoms. The first-order chi connectivity index (χ1) is 8.74. The molecule has 0 bridgehead atoms. The third-order valence-electron chi connectivity index (χ3n) is 2.86. The van der Waals surface area contributed by atoms with Crippen molar-refractivity contribution in [3.8, 4) is 0 Å². The zero-order chi connectivity index (χ0) is 12.8. The fraction of sp³-hybridized carbons (Fsp3) is 0.357. The summed E-state index contributed by atoms with van der Waals surface area (Å²) >= 11 is 0. The Balaban J connectivity index is 1.74. The maximum Gasteiger partial charge on any atom is 0.407 e. The molecule has 0 aromatic heterocycles. The molecule has 0 radical (unpaired) electrons. The second-order valence-corrected chi connectivity index (χ2v) is 4.34. The van der Waals surface area contributed by atoms with Gasteiger partial charge in [-0.1, -0.05) is 42.5 Å². The smallest absolute Gasteiger partial charge is 0.407 e. The van der Waals surface area contributed by atoms with Crippen molar-refractivity contribution in [2.24, 2.45) is 0 Å². The van der Waals surface area contributed by atoms with E-state index < -0.39 is 6.09 Å². The van der Waals surface area contributed by atoms with Gasteiger partial charge in [0.25, 0.3) is 0 Å². The molecular weight excluding hydrogens is 230 g/mol. The van der Waals surface area contributed by atoms with Gasteiger partial charge in [0.15, 0.2) is 0 Å². The van der Waals surface area contributed by atoms with Crippen LogP contribution in [0.25, 0.3) is 0 Å². The highest BCUT2D eigenvalue weighted by Crippen LogP contribution is 2.11. The lowest BCUT2D eigenvalue weighted by Gasteiger charge is -2.20. The number of nitrogens with one attached hydrogen (secondary N) is 1. The Kier molecular flexibility index (Phi) is 4.36. The molecule has 0 spiro atoms. The van der Waals surface area contributed by atoms with Crippen LogP contribution in [0.2, 0.25) is 0 Å². The number of amides is 1. The molecule has 0 fully saturated rings. The lowest BCUT2D eigenvalue weighted by molar-refractivity contribution is 0.134. The molecule has 1 aromatic rings. The molecule has 0 unspecified atom stereocenters. The van der Waals surface area contributed by atoms with Crippen molar-refractivity contribution in [1.82, 2.24) is 5.32 Å². The quantitative estimate of drug-likeness (QED) is 0.803. The van der Waals surface area contributed by atoms with E-state index in [0.717, 1.165) is 12.0 Å². The minimum atomic E-state index is -0.426. The summed E-state index contributed by atoms with van der Waals surface area (Å²) in [6.45, 7) is 0.270. The number of benzene rings is 1. The molecular formula is C14H17NO3. The minimum Gasteiger partial charge on any atom is -0.445 e. The molecule has 0 aliphatic heterocycles. The second-order valence-electron chi connectivity index (χ2n) is 4.34. The molecule has 0 heterocycles. The number of rotatable bonds is 3. The first kappa shape index (κ1) is 12.6. The highest BCUT2D eigenvalue weighted by atomic mass is 16.5. The average Bonchev–Trinajstić information content (AvgIpc) is 2.40. The van der Waals surface area contributed by atoms with Gasteiger partial charge < -0.3 is 15.2 Å². The van der Waals surface area contributed by atoms with E-state index in [2.05, 4.69) is 5.32 Å². The molecule has 18 heavy (non-hydrogen) atoms. The number of ether oxygens (including phenoxy) is 1. The van der Waals surface area contributed by atoms with Crippen molar-refractivity contribution >= 4 is 6.09 Å². The van der Waals surface area contributed by atoms with Crippen LogP contribution in [0.15, 0.2) is 42.5 Å². The Morgan fingerprint density at radius 1 is 1.28 bits per heavy atom. The normalized spacial score (nSPS) is 22.5. The van der Waals surface area contributed by atoms with E-state index >= 15 is 0 Å². The number of aliphatic hydroxyl groups excluding tert-OH is 1. The van der Waals surface area contributed by atoms with Crippen LogP contribution in [0, 0.1) is 0 Å². The van der Waals surface area contributed by atoms with E-state index in [4.69, 9.17) is 4.74 Å². The molecule has 96 valence electrons. The van der Waals surface area contributed by atoms with Crippen LogP contribution >= 0.6 is 0 Å². The highest BCUT2D eigenvalue weighted by molar-refractivity contribution is 5.68. The van der Waals surface area contributed by atoms with Gasteiger partial charge >= 0.3 is 6.09 Å². The summed E-state index contributed by atoms with van der Waals surface area (Å²) in [5.41, 5.74) is 0.960. The summed E-state index contributed by atoms with van der Waals surface area (Å²) < 4.78 is 5.11. The second kappa shape index (κ2) is 6.21. The summed E-state index contributed by atoms with van der Waals surface area (Å²) in [7, 11) is 0. The first-order valence-electron chi connectivity index (χ1n) is 6.07. The largest absolute Gasteiger partial charge is 0.445 e. The predicted octanol–water partition coefficient (Wildman–Crippen LogP) is 1.99. The Morgan fingerprint density at radius 3 is 2.72 bits per heavy atom. The number of aliphatic hydroxyl groups is 1. The van der Waals surface area contributed by atoms with E-state index in [1.807, 2.05) is 30.3 Å². The molecule has 0 saturated heterocycles. The lowest BCUT2D eigenvalue weighted by Crippen LogP contribution is -2.36.